The van der Waals surface area contributed by atoms with Crippen LogP contribution in [0.2, 0.25) is 0 Å². The number of benzene rings is 2. The Morgan fingerprint density at radius 3 is 2.52 bits per heavy atom. The Hall–Kier alpha value is -3.41. The average Bonchev–Trinajstić information content (AvgIpc) is 3.19. The summed E-state index contributed by atoms with van der Waals surface area (Å²) in [7, 11) is 3.22. The van der Waals surface area contributed by atoms with Crippen LogP contribution in [0.5, 0.6) is 17.2 Å². The normalized spacial score (nSPS) is 11.5. The van der Waals surface area contributed by atoms with Gasteiger partial charge in [-0.3, -0.25) is 4.79 Å². The number of fused-ring (bicyclic) bond motifs is 1. The molecule has 2 aromatic carbocycles. The van der Waals surface area contributed by atoms with Gasteiger partial charge in [-0.25, -0.2) is 0 Å². The second-order valence-corrected chi connectivity index (χ2v) is 7.12. The number of nitrogens with one attached hydrogen (secondary N) is 1. The molecule has 3 rings (SSSR count). The first kappa shape index (κ1) is 22.3. The number of furan rings is 1. The summed E-state index contributed by atoms with van der Waals surface area (Å²) in [5.74, 6) is 1.87. The number of carbonyl (C=O) groups excluding carboxylic acids is 1. The van der Waals surface area contributed by atoms with Crippen LogP contribution in [0.15, 0.2) is 47.1 Å². The zero-order valence-electron chi connectivity index (χ0n) is 18.7. The van der Waals surface area contributed by atoms with Crippen molar-refractivity contribution in [3.63, 3.8) is 0 Å². The van der Waals surface area contributed by atoms with Crippen molar-refractivity contribution in [2.45, 2.75) is 27.2 Å². The van der Waals surface area contributed by atoms with E-state index in [-0.39, 0.29) is 5.91 Å². The predicted octanol–water partition coefficient (Wildman–Crippen LogP) is 5.45. The van der Waals surface area contributed by atoms with Crippen LogP contribution < -0.4 is 19.5 Å². The molecule has 6 heteroatoms. The van der Waals surface area contributed by atoms with Gasteiger partial charge in [-0.1, -0.05) is 13.0 Å². The van der Waals surface area contributed by atoms with E-state index in [0.29, 0.717) is 36.0 Å². The molecule has 3 aromatic rings. The van der Waals surface area contributed by atoms with E-state index < -0.39 is 0 Å². The van der Waals surface area contributed by atoms with Crippen LogP contribution >= 0.6 is 0 Å². The van der Waals surface area contributed by atoms with Gasteiger partial charge < -0.3 is 23.9 Å². The number of allylic oxidation sites excluding steroid dienone is 1. The van der Waals surface area contributed by atoms with E-state index in [1.165, 1.54) is 0 Å². The van der Waals surface area contributed by atoms with Crippen LogP contribution in [0.1, 0.15) is 32.8 Å². The second kappa shape index (κ2) is 10.1. The van der Waals surface area contributed by atoms with E-state index in [1.54, 1.807) is 26.6 Å². The second-order valence-electron chi connectivity index (χ2n) is 7.12. The van der Waals surface area contributed by atoms with E-state index in [0.717, 1.165) is 34.1 Å². The number of ether oxygens (including phenoxy) is 3. The highest BCUT2D eigenvalue weighted by Crippen LogP contribution is 2.39. The van der Waals surface area contributed by atoms with E-state index in [1.807, 2.05) is 51.1 Å². The first-order valence-electron chi connectivity index (χ1n) is 10.4. The monoisotopic (exact) mass is 423 g/mol. The summed E-state index contributed by atoms with van der Waals surface area (Å²) in [6.45, 7) is 7.01. The van der Waals surface area contributed by atoms with E-state index >= 15 is 0 Å². The number of carbonyl (C=O) groups is 1. The van der Waals surface area contributed by atoms with E-state index in [2.05, 4.69) is 5.32 Å². The Bertz CT molecular complexity index is 1100. The lowest BCUT2D eigenvalue weighted by Crippen LogP contribution is -2.21. The van der Waals surface area contributed by atoms with Gasteiger partial charge in [0.25, 0.3) is 0 Å². The van der Waals surface area contributed by atoms with Gasteiger partial charge in [-0.05, 0) is 49.6 Å². The lowest BCUT2D eigenvalue weighted by molar-refractivity contribution is -0.116. The Morgan fingerprint density at radius 2 is 1.84 bits per heavy atom. The number of methoxy groups -OCH3 is 2. The molecule has 0 saturated carbocycles. The zero-order valence-corrected chi connectivity index (χ0v) is 18.7. The summed E-state index contributed by atoms with van der Waals surface area (Å²) in [5, 5.41) is 3.80. The lowest BCUT2D eigenvalue weighted by atomic mass is 9.99. The highest BCUT2D eigenvalue weighted by molar-refractivity contribution is 6.00. The molecule has 0 spiro atoms. The third-order valence-electron chi connectivity index (χ3n) is 4.99. The minimum Gasteiger partial charge on any atom is -0.493 e. The zero-order chi connectivity index (χ0) is 22.4. The summed E-state index contributed by atoms with van der Waals surface area (Å²) in [4.78, 5) is 12.2. The van der Waals surface area contributed by atoms with Gasteiger partial charge in [0, 0.05) is 35.2 Å². The standard InChI is InChI=1S/C25H29NO5/c1-6-10-26-25(27)11-16(3)18-13-19-20(15-31-23(19)14-22(18)30-7-2)17-8-9-21(28-4)24(12-17)29-5/h8-9,11-15H,6-7,10H2,1-5H3,(H,26,27)/b16-11+. The molecule has 1 amide bonds. The van der Waals surface area contributed by atoms with Crippen LogP contribution in [0.3, 0.4) is 0 Å². The van der Waals surface area contributed by atoms with Crippen LogP contribution in [0.25, 0.3) is 27.7 Å². The van der Waals surface area contributed by atoms with Gasteiger partial charge in [-0.2, -0.15) is 0 Å². The molecule has 0 fully saturated rings. The first-order valence-corrected chi connectivity index (χ1v) is 10.4. The van der Waals surface area contributed by atoms with Crippen molar-refractivity contribution < 1.29 is 23.4 Å². The number of amides is 1. The van der Waals surface area contributed by atoms with Gasteiger partial charge in [0.05, 0.1) is 27.1 Å². The van der Waals surface area contributed by atoms with Gasteiger partial charge in [-0.15, -0.1) is 0 Å². The Kier molecular flexibility index (Phi) is 7.23. The maximum Gasteiger partial charge on any atom is 0.244 e. The topological polar surface area (TPSA) is 69.9 Å². The summed E-state index contributed by atoms with van der Waals surface area (Å²) >= 11 is 0. The first-order chi connectivity index (χ1) is 15.0. The molecule has 0 atom stereocenters. The number of hydrogen-bond donors (Lipinski definition) is 1. The van der Waals surface area contributed by atoms with Crippen molar-refractivity contribution in [2.75, 3.05) is 27.4 Å². The van der Waals surface area contributed by atoms with E-state index in [4.69, 9.17) is 18.6 Å². The van der Waals surface area contributed by atoms with Crippen molar-refractivity contribution in [1.29, 1.82) is 0 Å². The third-order valence-corrected chi connectivity index (χ3v) is 4.99. The molecule has 0 saturated heterocycles. The largest absolute Gasteiger partial charge is 0.493 e. The predicted molar refractivity (Wildman–Crippen MR) is 123 cm³/mol. The summed E-state index contributed by atoms with van der Waals surface area (Å²) in [6.07, 6.45) is 4.21. The molecule has 1 N–H and O–H groups in total. The lowest BCUT2D eigenvalue weighted by Gasteiger charge is -2.12. The maximum atomic E-state index is 12.2. The molecule has 0 unspecified atom stereocenters. The molecule has 0 radical (unpaired) electrons. The molecule has 1 heterocycles. The average molecular weight is 424 g/mol. The van der Waals surface area contributed by atoms with E-state index in [9.17, 15) is 4.79 Å². The molecule has 1 aromatic heterocycles. The van der Waals surface area contributed by atoms with Crippen molar-refractivity contribution in [3.8, 4) is 28.4 Å². The summed E-state index contributed by atoms with van der Waals surface area (Å²) in [6, 6.07) is 9.63. The Labute approximate surface area is 182 Å². The van der Waals surface area contributed by atoms with Gasteiger partial charge in [0.15, 0.2) is 11.5 Å². The number of hydrogen-bond acceptors (Lipinski definition) is 5. The third kappa shape index (κ3) is 4.85. The fourth-order valence-corrected chi connectivity index (χ4v) is 3.44. The summed E-state index contributed by atoms with van der Waals surface area (Å²) in [5.41, 5.74) is 4.24. The molecule has 6 nitrogen and oxygen atoms in total. The molecule has 0 aliphatic rings. The maximum absolute atomic E-state index is 12.2. The van der Waals surface area contributed by atoms with Gasteiger partial charge >= 0.3 is 0 Å². The molecule has 164 valence electrons. The fourth-order valence-electron chi connectivity index (χ4n) is 3.44. The highest BCUT2D eigenvalue weighted by atomic mass is 16.5. The molecular weight excluding hydrogens is 394 g/mol. The SMILES string of the molecule is CCCNC(=O)/C=C(\C)c1cc2c(-c3ccc(OC)c(OC)c3)coc2cc1OCC. The van der Waals surface area contributed by atoms with Crippen molar-refractivity contribution in [3.05, 3.63) is 48.2 Å². The van der Waals surface area contributed by atoms with Crippen molar-refractivity contribution in [2.24, 2.45) is 0 Å². The molecule has 31 heavy (non-hydrogen) atoms. The van der Waals surface area contributed by atoms with Gasteiger partial charge in [0.2, 0.25) is 5.91 Å². The van der Waals surface area contributed by atoms with Crippen LogP contribution in [-0.4, -0.2) is 33.3 Å². The molecule has 0 aliphatic heterocycles. The molecule has 0 bridgehead atoms. The quantitative estimate of drug-likeness (QED) is 0.464. The van der Waals surface area contributed by atoms with Crippen LogP contribution in [-0.2, 0) is 4.79 Å². The summed E-state index contributed by atoms with van der Waals surface area (Å²) < 4.78 is 22.5. The van der Waals surface area contributed by atoms with Crippen LogP contribution in [0.4, 0.5) is 0 Å². The number of rotatable bonds is 9. The molecular formula is C25H29NO5. The van der Waals surface area contributed by atoms with Crippen molar-refractivity contribution >= 4 is 22.4 Å². The van der Waals surface area contributed by atoms with Crippen molar-refractivity contribution in [1.82, 2.24) is 5.32 Å². The Morgan fingerprint density at radius 1 is 1.06 bits per heavy atom. The van der Waals surface area contributed by atoms with Gasteiger partial charge in [0.1, 0.15) is 11.3 Å². The minimum absolute atomic E-state index is 0.116. The Balaban J connectivity index is 2.10. The minimum atomic E-state index is -0.116. The highest BCUT2D eigenvalue weighted by Gasteiger charge is 2.16. The van der Waals surface area contributed by atoms with Crippen LogP contribution in [0, 0.1) is 0 Å². The molecule has 0 aliphatic carbocycles. The smallest absolute Gasteiger partial charge is 0.244 e. The fraction of sp³-hybridized carbons (Fsp3) is 0.320.